The van der Waals surface area contributed by atoms with Gasteiger partial charge in [0.2, 0.25) is 0 Å². The molecule has 1 aromatic heterocycles. The van der Waals surface area contributed by atoms with Crippen molar-refractivity contribution >= 4 is 22.5 Å². The number of hydrogen-bond donors (Lipinski definition) is 0. The summed E-state index contributed by atoms with van der Waals surface area (Å²) in [6.45, 7) is 2.18. The molecule has 15 heavy (non-hydrogen) atoms. The third kappa shape index (κ3) is 1.14. The molecule has 0 bridgehead atoms. The number of nitrogens with zero attached hydrogens (tertiary/aromatic N) is 1. The van der Waals surface area contributed by atoms with Crippen molar-refractivity contribution in [1.82, 2.24) is 4.57 Å². The van der Waals surface area contributed by atoms with Gasteiger partial charge in [-0.25, -0.2) is 4.39 Å². The molecule has 0 saturated carbocycles. The number of aromatic nitrogens is 1. The summed E-state index contributed by atoms with van der Waals surface area (Å²) < 4.78 is 15.7. The zero-order valence-electron chi connectivity index (χ0n) is 8.43. The SMILES string of the molecule is C[C@H]1CCc2cc(F)c(Cl)c3ccn1c23. The van der Waals surface area contributed by atoms with Crippen molar-refractivity contribution < 1.29 is 4.39 Å². The van der Waals surface area contributed by atoms with Crippen LogP contribution in [0, 0.1) is 5.82 Å². The molecule has 0 unspecified atom stereocenters. The van der Waals surface area contributed by atoms with E-state index in [4.69, 9.17) is 11.6 Å². The van der Waals surface area contributed by atoms with E-state index in [-0.39, 0.29) is 10.8 Å². The Hall–Kier alpha value is -1.02. The van der Waals surface area contributed by atoms with Crippen LogP contribution in [0.4, 0.5) is 4.39 Å². The topological polar surface area (TPSA) is 4.93 Å². The highest BCUT2D eigenvalue weighted by Crippen LogP contribution is 2.36. The maximum Gasteiger partial charge on any atom is 0.142 e. The van der Waals surface area contributed by atoms with Crippen molar-refractivity contribution in [1.29, 1.82) is 0 Å². The summed E-state index contributed by atoms with van der Waals surface area (Å²) in [7, 11) is 0. The smallest absolute Gasteiger partial charge is 0.142 e. The summed E-state index contributed by atoms with van der Waals surface area (Å²) in [5.74, 6) is -0.300. The van der Waals surface area contributed by atoms with E-state index in [2.05, 4.69) is 11.5 Å². The predicted molar refractivity (Wildman–Crippen MR) is 59.9 cm³/mol. The lowest BCUT2D eigenvalue weighted by Gasteiger charge is -2.22. The third-order valence-corrected chi connectivity index (χ3v) is 3.66. The average Bonchev–Trinajstić information content (AvgIpc) is 2.65. The maximum atomic E-state index is 13.5. The van der Waals surface area contributed by atoms with E-state index >= 15 is 0 Å². The molecule has 78 valence electrons. The summed E-state index contributed by atoms with van der Waals surface area (Å²) in [6.07, 6.45) is 4.01. The van der Waals surface area contributed by atoms with Crippen LogP contribution in [0.15, 0.2) is 18.3 Å². The lowest BCUT2D eigenvalue weighted by atomic mass is 9.99. The Morgan fingerprint density at radius 3 is 3.13 bits per heavy atom. The first kappa shape index (κ1) is 9.22. The molecule has 0 amide bonds. The molecule has 2 heterocycles. The summed E-state index contributed by atoms with van der Waals surface area (Å²) in [5, 5.41) is 1.10. The van der Waals surface area contributed by atoms with E-state index in [0.29, 0.717) is 6.04 Å². The number of aryl methyl sites for hydroxylation is 1. The highest BCUT2D eigenvalue weighted by atomic mass is 35.5. The van der Waals surface area contributed by atoms with Crippen LogP contribution < -0.4 is 0 Å². The molecule has 3 heteroatoms. The van der Waals surface area contributed by atoms with Crippen molar-refractivity contribution in [2.75, 3.05) is 0 Å². The molecule has 1 aromatic carbocycles. The molecular formula is C12H11ClFN. The molecule has 1 aliphatic heterocycles. The first-order valence-electron chi connectivity index (χ1n) is 5.16. The summed E-state index contributed by atoms with van der Waals surface area (Å²) in [6, 6.07) is 3.97. The second-order valence-corrected chi connectivity index (χ2v) is 4.58. The van der Waals surface area contributed by atoms with Gasteiger partial charge in [-0.3, -0.25) is 0 Å². The Morgan fingerprint density at radius 2 is 2.33 bits per heavy atom. The fraction of sp³-hybridized carbons (Fsp3) is 0.333. The first-order chi connectivity index (χ1) is 7.18. The van der Waals surface area contributed by atoms with Crippen LogP contribution >= 0.6 is 11.6 Å². The third-order valence-electron chi connectivity index (χ3n) is 3.27. The van der Waals surface area contributed by atoms with Crippen LogP contribution in [0.5, 0.6) is 0 Å². The predicted octanol–water partition coefficient (Wildman–Crippen LogP) is 3.94. The Kier molecular flexibility index (Phi) is 1.84. The van der Waals surface area contributed by atoms with Gasteiger partial charge in [-0.1, -0.05) is 11.6 Å². The zero-order chi connectivity index (χ0) is 10.6. The lowest BCUT2D eigenvalue weighted by Crippen LogP contribution is -2.12. The Morgan fingerprint density at radius 1 is 1.53 bits per heavy atom. The Bertz CT molecular complexity index is 544. The molecule has 0 fully saturated rings. The minimum atomic E-state index is -0.300. The molecule has 0 aliphatic carbocycles. The van der Waals surface area contributed by atoms with Crippen molar-refractivity contribution in [2.24, 2.45) is 0 Å². The molecule has 1 aliphatic rings. The van der Waals surface area contributed by atoms with E-state index in [1.807, 2.05) is 12.3 Å². The fourth-order valence-corrected chi connectivity index (χ4v) is 2.65. The summed E-state index contributed by atoms with van der Waals surface area (Å²) in [5.41, 5.74) is 2.19. The first-order valence-corrected chi connectivity index (χ1v) is 5.53. The van der Waals surface area contributed by atoms with Gasteiger partial charge >= 0.3 is 0 Å². The molecule has 1 nitrogen and oxygen atoms in total. The van der Waals surface area contributed by atoms with Gasteiger partial charge in [0, 0.05) is 17.6 Å². The van der Waals surface area contributed by atoms with Gasteiger partial charge in [0.15, 0.2) is 0 Å². The number of hydrogen-bond acceptors (Lipinski definition) is 0. The number of rotatable bonds is 0. The molecule has 0 N–H and O–H groups in total. The second-order valence-electron chi connectivity index (χ2n) is 4.20. The Labute approximate surface area is 92.5 Å². The molecule has 0 saturated heterocycles. The number of halogens is 2. The monoisotopic (exact) mass is 223 g/mol. The zero-order valence-corrected chi connectivity index (χ0v) is 9.18. The molecule has 1 atom stereocenters. The summed E-state index contributed by atoms with van der Waals surface area (Å²) >= 11 is 5.95. The van der Waals surface area contributed by atoms with Crippen molar-refractivity contribution in [3.05, 3.63) is 34.7 Å². The highest BCUT2D eigenvalue weighted by Gasteiger charge is 2.20. The lowest BCUT2D eigenvalue weighted by molar-refractivity contribution is 0.502. The van der Waals surface area contributed by atoms with E-state index in [9.17, 15) is 4.39 Å². The van der Waals surface area contributed by atoms with E-state index in [1.54, 1.807) is 6.07 Å². The van der Waals surface area contributed by atoms with E-state index < -0.39 is 0 Å². The minimum absolute atomic E-state index is 0.251. The van der Waals surface area contributed by atoms with Gasteiger partial charge in [0.05, 0.1) is 10.5 Å². The second kappa shape index (κ2) is 2.99. The molecule has 0 radical (unpaired) electrons. The van der Waals surface area contributed by atoms with Gasteiger partial charge in [0.1, 0.15) is 5.82 Å². The van der Waals surface area contributed by atoms with Gasteiger partial charge < -0.3 is 4.57 Å². The maximum absolute atomic E-state index is 13.5. The van der Waals surface area contributed by atoms with Gasteiger partial charge in [-0.2, -0.15) is 0 Å². The Balaban J connectivity index is 2.46. The largest absolute Gasteiger partial charge is 0.344 e. The van der Waals surface area contributed by atoms with Gasteiger partial charge in [0.25, 0.3) is 0 Å². The van der Waals surface area contributed by atoms with Gasteiger partial charge in [-0.05, 0) is 37.5 Å². The fourth-order valence-electron chi connectivity index (χ4n) is 2.44. The van der Waals surface area contributed by atoms with Crippen LogP contribution in [0.25, 0.3) is 10.9 Å². The van der Waals surface area contributed by atoms with Gasteiger partial charge in [-0.15, -0.1) is 0 Å². The molecule has 2 aromatic rings. The van der Waals surface area contributed by atoms with Crippen molar-refractivity contribution in [2.45, 2.75) is 25.8 Å². The number of benzene rings is 1. The normalized spacial score (nSPS) is 19.8. The van der Waals surface area contributed by atoms with Crippen molar-refractivity contribution in [3.63, 3.8) is 0 Å². The van der Waals surface area contributed by atoms with E-state index in [0.717, 1.165) is 29.3 Å². The van der Waals surface area contributed by atoms with Crippen LogP contribution in [0.3, 0.4) is 0 Å². The van der Waals surface area contributed by atoms with Crippen LogP contribution in [0.2, 0.25) is 5.02 Å². The minimum Gasteiger partial charge on any atom is -0.344 e. The quantitative estimate of drug-likeness (QED) is 0.638. The molecule has 0 spiro atoms. The van der Waals surface area contributed by atoms with Crippen LogP contribution in [0.1, 0.15) is 24.9 Å². The highest BCUT2D eigenvalue weighted by molar-refractivity contribution is 6.35. The molecular weight excluding hydrogens is 213 g/mol. The van der Waals surface area contributed by atoms with Crippen molar-refractivity contribution in [3.8, 4) is 0 Å². The van der Waals surface area contributed by atoms with E-state index in [1.165, 1.54) is 0 Å². The average molecular weight is 224 g/mol. The van der Waals surface area contributed by atoms with Crippen LogP contribution in [-0.2, 0) is 6.42 Å². The summed E-state index contributed by atoms with van der Waals surface area (Å²) in [4.78, 5) is 0. The standard InChI is InChI=1S/C12H11ClFN/c1-7-2-3-8-6-10(14)11(13)9-4-5-15(7)12(8)9/h4-7H,2-3H2,1H3/t7-/m0/s1. The van der Waals surface area contributed by atoms with Crippen LogP contribution in [-0.4, -0.2) is 4.57 Å². The molecule has 3 rings (SSSR count).